The highest BCUT2D eigenvalue weighted by atomic mass is 16.5. The molecule has 0 fully saturated rings. The molecular formula is C37H47N5O5. The Morgan fingerprint density at radius 2 is 1.60 bits per heavy atom. The number of anilines is 1. The molecule has 10 nitrogen and oxygen atoms in total. The molecule has 250 valence electrons. The minimum atomic E-state index is -0.712. The van der Waals surface area contributed by atoms with Crippen LogP contribution in [0.4, 0.5) is 5.69 Å². The van der Waals surface area contributed by atoms with Gasteiger partial charge in [-0.05, 0) is 47.7 Å². The van der Waals surface area contributed by atoms with Crippen LogP contribution in [0.5, 0.6) is 0 Å². The normalized spacial score (nSPS) is 15.6. The van der Waals surface area contributed by atoms with Crippen molar-refractivity contribution < 1.29 is 23.9 Å². The lowest BCUT2D eigenvalue weighted by Crippen LogP contribution is -2.49. The van der Waals surface area contributed by atoms with Crippen LogP contribution < -0.4 is 16.0 Å². The van der Waals surface area contributed by atoms with Gasteiger partial charge in [-0.2, -0.15) is 0 Å². The van der Waals surface area contributed by atoms with Crippen molar-refractivity contribution in [1.82, 2.24) is 15.1 Å². The highest BCUT2D eigenvalue weighted by Crippen LogP contribution is 2.43. The first-order valence-electron chi connectivity index (χ1n) is 16.3. The lowest BCUT2D eigenvalue weighted by atomic mass is 9.79. The molecule has 0 bridgehead atoms. The lowest BCUT2D eigenvalue weighted by molar-refractivity contribution is -0.136. The monoisotopic (exact) mass is 641 g/mol. The second-order valence-corrected chi connectivity index (χ2v) is 12.1. The largest absolute Gasteiger partial charge is 0.381 e. The van der Waals surface area contributed by atoms with Crippen molar-refractivity contribution in [1.29, 1.82) is 0 Å². The molecule has 0 spiro atoms. The van der Waals surface area contributed by atoms with Gasteiger partial charge in [0, 0.05) is 64.6 Å². The van der Waals surface area contributed by atoms with E-state index in [0.29, 0.717) is 37.3 Å². The third kappa shape index (κ3) is 9.42. The molecule has 1 aliphatic rings. The summed E-state index contributed by atoms with van der Waals surface area (Å²) in [6.07, 6.45) is 2.67. The molecule has 0 aliphatic carbocycles. The van der Waals surface area contributed by atoms with Crippen molar-refractivity contribution in [2.24, 2.45) is 5.73 Å². The predicted molar refractivity (Wildman–Crippen MR) is 183 cm³/mol. The molecule has 47 heavy (non-hydrogen) atoms. The summed E-state index contributed by atoms with van der Waals surface area (Å²) in [5.41, 5.74) is 9.21. The molecule has 3 N–H and O–H groups in total. The van der Waals surface area contributed by atoms with Crippen molar-refractivity contribution in [3.63, 3.8) is 0 Å². The van der Waals surface area contributed by atoms with Crippen LogP contribution in [0.15, 0.2) is 78.9 Å². The predicted octanol–water partition coefficient (Wildman–Crippen LogP) is 4.26. The Hall–Kier alpha value is -4.70. The molecule has 2 atom stereocenters. The summed E-state index contributed by atoms with van der Waals surface area (Å²) in [6, 6.07) is 23.7. The van der Waals surface area contributed by atoms with Crippen LogP contribution in [-0.4, -0.2) is 80.4 Å². The number of ether oxygens (including phenoxy) is 1. The first-order chi connectivity index (χ1) is 22.7. The van der Waals surface area contributed by atoms with E-state index in [9.17, 15) is 19.2 Å². The van der Waals surface area contributed by atoms with Crippen LogP contribution in [0.25, 0.3) is 0 Å². The summed E-state index contributed by atoms with van der Waals surface area (Å²) in [6.45, 7) is 3.81. The summed E-state index contributed by atoms with van der Waals surface area (Å²) in [4.78, 5) is 58.7. The Morgan fingerprint density at radius 3 is 2.28 bits per heavy atom. The molecule has 3 aromatic rings. The van der Waals surface area contributed by atoms with Crippen LogP contribution in [0.2, 0.25) is 0 Å². The maximum Gasteiger partial charge on any atom is 0.254 e. The molecule has 4 amide bonds. The van der Waals surface area contributed by atoms with Crippen molar-refractivity contribution in [2.45, 2.75) is 51.1 Å². The fourth-order valence-corrected chi connectivity index (χ4v) is 5.90. The fourth-order valence-electron chi connectivity index (χ4n) is 5.90. The topological polar surface area (TPSA) is 125 Å². The van der Waals surface area contributed by atoms with Crippen LogP contribution in [0.1, 0.15) is 71.6 Å². The number of unbranched alkanes of at least 4 members (excludes halogenated alkanes) is 1. The number of primary amides is 1. The SMILES string of the molecule is CCCCOCCCNC(=O)C1c2ccccc2C(=O)N(CCC(=O)N(CC(N)=O)Cc2ccccc2)C1c1ccc(N(C)C)cc1. The van der Waals surface area contributed by atoms with E-state index in [2.05, 4.69) is 12.2 Å². The number of carbonyl (C=O) groups is 4. The van der Waals surface area contributed by atoms with Crippen molar-refractivity contribution in [3.8, 4) is 0 Å². The molecular weight excluding hydrogens is 594 g/mol. The third-order valence-electron chi connectivity index (χ3n) is 8.36. The van der Waals surface area contributed by atoms with Crippen molar-refractivity contribution in [2.75, 3.05) is 51.8 Å². The van der Waals surface area contributed by atoms with Gasteiger partial charge in [0.1, 0.15) is 0 Å². The van der Waals surface area contributed by atoms with Crippen molar-refractivity contribution >= 4 is 29.3 Å². The Labute approximate surface area is 277 Å². The van der Waals surface area contributed by atoms with Crippen LogP contribution >= 0.6 is 0 Å². The fraction of sp³-hybridized carbons (Fsp3) is 0.405. The molecule has 3 aromatic carbocycles. The number of fused-ring (bicyclic) bond motifs is 1. The molecule has 0 radical (unpaired) electrons. The molecule has 0 aromatic heterocycles. The summed E-state index contributed by atoms with van der Waals surface area (Å²) < 4.78 is 5.67. The highest BCUT2D eigenvalue weighted by molar-refractivity contribution is 6.01. The Kier molecular flexibility index (Phi) is 12.9. The number of hydrogen-bond donors (Lipinski definition) is 2. The van der Waals surface area contributed by atoms with Crippen molar-refractivity contribution in [3.05, 3.63) is 101 Å². The number of benzene rings is 3. The number of nitrogens with two attached hydrogens (primary N) is 1. The molecule has 1 heterocycles. The second-order valence-electron chi connectivity index (χ2n) is 12.1. The minimum absolute atomic E-state index is 0.0468. The zero-order valence-electron chi connectivity index (χ0n) is 27.7. The average molecular weight is 642 g/mol. The van der Waals surface area contributed by atoms with Gasteiger partial charge >= 0.3 is 0 Å². The Balaban J connectivity index is 1.63. The molecule has 2 unspecified atom stereocenters. The first kappa shape index (κ1) is 35.2. The van der Waals surface area contributed by atoms with E-state index < -0.39 is 17.9 Å². The van der Waals surface area contributed by atoms with E-state index in [0.717, 1.165) is 29.7 Å². The Morgan fingerprint density at radius 1 is 0.915 bits per heavy atom. The van der Waals surface area contributed by atoms with Crippen LogP contribution in [0.3, 0.4) is 0 Å². The quantitative estimate of drug-likeness (QED) is 0.212. The van der Waals surface area contributed by atoms with E-state index in [1.54, 1.807) is 17.0 Å². The summed E-state index contributed by atoms with van der Waals surface area (Å²) in [7, 11) is 3.89. The smallest absolute Gasteiger partial charge is 0.254 e. The summed E-state index contributed by atoms with van der Waals surface area (Å²) >= 11 is 0. The number of nitrogens with one attached hydrogen (secondary N) is 1. The van der Waals surface area contributed by atoms with Crippen LogP contribution in [-0.2, 0) is 25.7 Å². The van der Waals surface area contributed by atoms with E-state index >= 15 is 0 Å². The standard InChI is InChI=1S/C37H47N5O5/c1-4-5-23-47-24-11-21-39-36(45)34-30-14-9-10-15-31(30)37(46)42(35(34)28-16-18-29(19-17-28)40(2)3)22-20-33(44)41(26-32(38)43)25-27-12-7-6-8-13-27/h6-10,12-19,34-35H,4-5,11,20-26H2,1-3H3,(H2,38,43)(H,39,45). The molecule has 10 heteroatoms. The van der Waals surface area contributed by atoms with Gasteiger partial charge in [0.05, 0.1) is 18.5 Å². The number of rotatable bonds is 17. The average Bonchev–Trinajstić information content (AvgIpc) is 3.07. The maximum atomic E-state index is 14.2. The molecule has 4 rings (SSSR count). The Bertz CT molecular complexity index is 1490. The summed E-state index contributed by atoms with van der Waals surface area (Å²) in [5.74, 6) is -2.10. The minimum Gasteiger partial charge on any atom is -0.381 e. The van der Waals surface area contributed by atoms with Gasteiger partial charge < -0.3 is 30.5 Å². The number of hydrogen-bond acceptors (Lipinski definition) is 6. The lowest BCUT2D eigenvalue weighted by Gasteiger charge is -2.42. The number of carbonyl (C=O) groups excluding carboxylic acids is 4. The number of nitrogens with zero attached hydrogens (tertiary/aromatic N) is 3. The molecule has 1 aliphatic heterocycles. The van der Waals surface area contributed by atoms with Crippen LogP contribution in [0, 0.1) is 0 Å². The van der Waals surface area contributed by atoms with E-state index in [-0.39, 0.29) is 43.8 Å². The zero-order valence-corrected chi connectivity index (χ0v) is 27.7. The van der Waals surface area contributed by atoms with E-state index in [4.69, 9.17) is 10.5 Å². The second kappa shape index (κ2) is 17.3. The third-order valence-corrected chi connectivity index (χ3v) is 8.36. The first-order valence-corrected chi connectivity index (χ1v) is 16.3. The summed E-state index contributed by atoms with van der Waals surface area (Å²) in [5, 5.41) is 3.09. The molecule has 0 saturated heterocycles. The van der Waals surface area contributed by atoms with Gasteiger partial charge in [-0.1, -0.05) is 74.0 Å². The number of amides is 4. The van der Waals surface area contributed by atoms with Gasteiger partial charge in [-0.25, -0.2) is 0 Å². The van der Waals surface area contributed by atoms with Gasteiger partial charge in [-0.3, -0.25) is 19.2 Å². The van der Waals surface area contributed by atoms with E-state index in [1.165, 1.54) is 4.90 Å². The highest BCUT2D eigenvalue weighted by Gasteiger charge is 2.44. The van der Waals surface area contributed by atoms with Gasteiger partial charge in [0.25, 0.3) is 5.91 Å². The van der Waals surface area contributed by atoms with Gasteiger partial charge in [0.15, 0.2) is 0 Å². The zero-order chi connectivity index (χ0) is 33.8. The van der Waals surface area contributed by atoms with Gasteiger partial charge in [0.2, 0.25) is 17.7 Å². The maximum absolute atomic E-state index is 14.2. The van der Waals surface area contributed by atoms with Gasteiger partial charge in [-0.15, -0.1) is 0 Å². The molecule has 0 saturated carbocycles. The van der Waals surface area contributed by atoms with E-state index in [1.807, 2.05) is 85.7 Å².